The maximum atomic E-state index is 14.6. The lowest BCUT2D eigenvalue weighted by Gasteiger charge is -2.44. The molecule has 3 atom stereocenters. The van der Waals surface area contributed by atoms with Crippen molar-refractivity contribution < 1.29 is 37.3 Å². The number of pyridine rings is 1. The fourth-order valence-corrected chi connectivity index (χ4v) is 6.81. The van der Waals surface area contributed by atoms with Crippen molar-refractivity contribution in [2.24, 2.45) is 23.5 Å². The molecule has 2 aliphatic carbocycles. The molecule has 2 aromatic heterocycles. The van der Waals surface area contributed by atoms with E-state index in [-0.39, 0.29) is 60.0 Å². The fraction of sp³-hybridized carbons (Fsp3) is 0.630. The van der Waals surface area contributed by atoms with Gasteiger partial charge in [0.05, 0.1) is 19.0 Å². The topological polar surface area (TPSA) is 144 Å². The number of aromatic nitrogens is 3. The maximum absolute atomic E-state index is 14.6. The Bertz CT molecular complexity index is 1280. The molecule has 3 fully saturated rings. The van der Waals surface area contributed by atoms with Crippen LogP contribution in [0.4, 0.5) is 13.2 Å². The van der Waals surface area contributed by atoms with Crippen LogP contribution < -0.4 is 10.5 Å². The molecule has 5 rings (SSSR count). The van der Waals surface area contributed by atoms with Gasteiger partial charge in [0.1, 0.15) is 17.9 Å². The zero-order chi connectivity index (χ0) is 28.9. The number of likely N-dealkylation sites (tertiary alicyclic amines) is 1. The van der Waals surface area contributed by atoms with Gasteiger partial charge in [-0.15, -0.1) is 0 Å². The third-order valence-corrected chi connectivity index (χ3v) is 9.15. The van der Waals surface area contributed by atoms with E-state index in [1.165, 1.54) is 26.4 Å². The average molecular weight is 566 g/mol. The van der Waals surface area contributed by atoms with Gasteiger partial charge in [0.25, 0.3) is 11.8 Å². The van der Waals surface area contributed by atoms with Crippen LogP contribution in [-0.4, -0.2) is 81.4 Å². The van der Waals surface area contributed by atoms with Gasteiger partial charge in [-0.2, -0.15) is 5.10 Å². The number of halogens is 3. The van der Waals surface area contributed by atoms with Crippen molar-refractivity contribution in [2.75, 3.05) is 27.4 Å². The summed E-state index contributed by atoms with van der Waals surface area (Å²) in [5.74, 6) is -5.00. The van der Waals surface area contributed by atoms with Crippen molar-refractivity contribution in [3.05, 3.63) is 29.8 Å². The number of rotatable bonds is 8. The number of nitrogens with one attached hydrogen (secondary N) is 1. The Hall–Kier alpha value is -3.19. The second-order valence-electron chi connectivity index (χ2n) is 11.3. The first-order valence-corrected chi connectivity index (χ1v) is 13.4. The number of hydrogen-bond donors (Lipinski definition) is 3. The molecule has 40 heavy (non-hydrogen) atoms. The molecule has 1 aliphatic heterocycles. The van der Waals surface area contributed by atoms with Crippen LogP contribution in [0, 0.1) is 23.6 Å². The summed E-state index contributed by atoms with van der Waals surface area (Å²) in [6, 6.07) is 2.85. The summed E-state index contributed by atoms with van der Waals surface area (Å²) in [5.41, 5.74) is 3.34. The number of carbonyl (C=O) groups excluding carboxylic acids is 2. The highest BCUT2D eigenvalue weighted by molar-refractivity contribution is 5.94. The van der Waals surface area contributed by atoms with Crippen molar-refractivity contribution in [1.29, 1.82) is 0 Å². The summed E-state index contributed by atoms with van der Waals surface area (Å²) in [7, 11) is 2.58. The van der Waals surface area contributed by atoms with Crippen LogP contribution in [0.2, 0.25) is 0 Å². The molecule has 4 N–H and O–H groups in total. The average Bonchev–Trinajstić information content (AvgIpc) is 3.39. The van der Waals surface area contributed by atoms with E-state index in [0.717, 1.165) is 6.20 Å². The molecule has 3 unspecified atom stereocenters. The van der Waals surface area contributed by atoms with E-state index in [1.54, 1.807) is 4.90 Å². The number of piperidine rings is 1. The zero-order valence-corrected chi connectivity index (χ0v) is 22.5. The highest BCUT2D eigenvalue weighted by Gasteiger charge is 2.65. The van der Waals surface area contributed by atoms with Gasteiger partial charge in [-0.25, -0.2) is 18.2 Å². The molecule has 0 aromatic carbocycles. The molecule has 0 bridgehead atoms. The zero-order valence-electron chi connectivity index (χ0n) is 22.5. The fourth-order valence-electron chi connectivity index (χ4n) is 6.81. The molecule has 218 valence electrons. The minimum atomic E-state index is -3.37. The van der Waals surface area contributed by atoms with Crippen LogP contribution in [0.15, 0.2) is 18.3 Å². The minimum Gasteiger partial charge on any atom is -0.481 e. The number of methoxy groups -OCH3 is 2. The number of nitrogens with zero attached hydrogens (tertiary/aromatic N) is 3. The number of amides is 2. The Balaban J connectivity index is 1.36. The Kier molecular flexibility index (Phi) is 7.32. The highest BCUT2D eigenvalue weighted by atomic mass is 19.3. The number of hydrogen-bond acceptors (Lipinski definition) is 7. The molecule has 3 heterocycles. The van der Waals surface area contributed by atoms with Crippen LogP contribution in [0.5, 0.6) is 5.88 Å². The van der Waals surface area contributed by atoms with E-state index in [0.29, 0.717) is 32.1 Å². The summed E-state index contributed by atoms with van der Waals surface area (Å²) >= 11 is 0. The smallest absolute Gasteiger partial charge is 0.298 e. The van der Waals surface area contributed by atoms with Crippen LogP contribution in [0.3, 0.4) is 0 Å². The number of carbonyl (C=O) groups is 2. The quantitative estimate of drug-likeness (QED) is 0.447. The second-order valence-corrected chi connectivity index (χ2v) is 11.3. The van der Waals surface area contributed by atoms with Crippen LogP contribution in [0.1, 0.15) is 55.4 Å². The van der Waals surface area contributed by atoms with Crippen molar-refractivity contribution in [3.8, 4) is 17.1 Å². The van der Waals surface area contributed by atoms with Gasteiger partial charge < -0.3 is 25.2 Å². The van der Waals surface area contributed by atoms with Gasteiger partial charge in [-0.3, -0.25) is 14.7 Å². The number of ether oxygens (including phenoxy) is 2. The summed E-state index contributed by atoms with van der Waals surface area (Å²) in [6.45, 7) is -0.566. The molecule has 10 nitrogen and oxygen atoms in total. The molecule has 2 saturated carbocycles. The van der Waals surface area contributed by atoms with Gasteiger partial charge in [0.2, 0.25) is 11.8 Å². The van der Waals surface area contributed by atoms with Crippen LogP contribution in [0.25, 0.3) is 11.3 Å². The van der Waals surface area contributed by atoms with Crippen molar-refractivity contribution in [1.82, 2.24) is 20.1 Å². The predicted octanol–water partition coefficient (Wildman–Crippen LogP) is 2.92. The lowest BCUT2D eigenvalue weighted by molar-refractivity contribution is -0.220. The number of alkyl halides is 2. The Morgan fingerprint density at radius 3 is 2.60 bits per heavy atom. The van der Waals surface area contributed by atoms with E-state index in [9.17, 15) is 27.9 Å². The van der Waals surface area contributed by atoms with E-state index in [4.69, 9.17) is 10.5 Å². The molecule has 3 aliphatic rings. The van der Waals surface area contributed by atoms with Gasteiger partial charge in [-0.05, 0) is 62.8 Å². The maximum Gasteiger partial charge on any atom is 0.298 e. The van der Waals surface area contributed by atoms with Crippen molar-refractivity contribution in [2.45, 2.75) is 62.0 Å². The minimum absolute atomic E-state index is 0.00347. The van der Waals surface area contributed by atoms with E-state index >= 15 is 0 Å². The lowest BCUT2D eigenvalue weighted by Crippen LogP contribution is -2.54. The SMILES string of the molecule is COCC(F)(F)C1(O)CCC(C2CC23CC(C(N)=O)CCN3C(=O)c2cc(-c3cc(OC)ncc3F)n[nH]2)CC1. The van der Waals surface area contributed by atoms with Crippen LogP contribution in [-0.2, 0) is 9.53 Å². The Morgan fingerprint density at radius 1 is 1.23 bits per heavy atom. The van der Waals surface area contributed by atoms with Crippen LogP contribution >= 0.6 is 0 Å². The number of H-pyrrole nitrogens is 1. The van der Waals surface area contributed by atoms with Crippen molar-refractivity contribution in [3.63, 3.8) is 0 Å². The molecule has 2 aromatic rings. The monoisotopic (exact) mass is 565 g/mol. The molecular weight excluding hydrogens is 531 g/mol. The first kappa shape index (κ1) is 28.3. The molecular formula is C27H34F3N5O5. The summed E-state index contributed by atoms with van der Waals surface area (Å²) in [4.78, 5) is 31.5. The molecule has 1 saturated heterocycles. The van der Waals surface area contributed by atoms with Gasteiger partial charge in [0.15, 0.2) is 5.82 Å². The summed E-state index contributed by atoms with van der Waals surface area (Å²) in [6.07, 6.45) is 2.97. The van der Waals surface area contributed by atoms with E-state index < -0.39 is 41.3 Å². The Labute approximate surface area is 229 Å². The highest BCUT2D eigenvalue weighted by Crippen LogP contribution is 2.62. The Morgan fingerprint density at radius 2 is 1.95 bits per heavy atom. The normalized spacial score (nSPS) is 30.4. The largest absolute Gasteiger partial charge is 0.481 e. The van der Waals surface area contributed by atoms with Crippen molar-refractivity contribution >= 4 is 11.8 Å². The first-order chi connectivity index (χ1) is 18.9. The third-order valence-electron chi connectivity index (χ3n) is 9.15. The molecule has 13 heteroatoms. The number of primary amides is 1. The number of aliphatic hydroxyl groups is 1. The summed E-state index contributed by atoms with van der Waals surface area (Å²) < 4.78 is 53.3. The van der Waals surface area contributed by atoms with E-state index in [1.807, 2.05) is 0 Å². The third kappa shape index (κ3) is 4.83. The lowest BCUT2D eigenvalue weighted by atomic mass is 9.72. The molecule has 1 spiro atoms. The molecule has 2 amide bonds. The number of nitrogens with two attached hydrogens (primary N) is 1. The first-order valence-electron chi connectivity index (χ1n) is 13.4. The summed E-state index contributed by atoms with van der Waals surface area (Å²) in [5, 5.41) is 17.5. The van der Waals surface area contributed by atoms with Gasteiger partial charge >= 0.3 is 0 Å². The number of aromatic amines is 1. The van der Waals surface area contributed by atoms with Gasteiger partial charge in [-0.1, -0.05) is 0 Å². The van der Waals surface area contributed by atoms with E-state index in [2.05, 4.69) is 19.9 Å². The second kappa shape index (κ2) is 10.3. The van der Waals surface area contributed by atoms with Gasteiger partial charge in [0, 0.05) is 36.7 Å². The standard InChI is InChI=1S/C27H34F3N5O5/c1-39-14-27(29,30)26(38)6-3-15(4-7-26)18-12-25(18)11-16(23(31)36)5-8-35(25)24(37)21-10-20(33-34-21)17-9-22(40-2)32-13-19(17)28/h9-10,13,15-16,18,38H,3-8,11-12,14H2,1-2H3,(H2,31,36)(H,33,34). The predicted molar refractivity (Wildman–Crippen MR) is 136 cm³/mol. The molecule has 0 radical (unpaired) electrons.